The lowest BCUT2D eigenvalue weighted by Crippen LogP contribution is -2.46. The van der Waals surface area contributed by atoms with Crippen LogP contribution in [0.5, 0.6) is 0 Å². The highest BCUT2D eigenvalue weighted by atomic mass is 19.4. The van der Waals surface area contributed by atoms with Crippen LogP contribution in [0.1, 0.15) is 6.92 Å². The lowest BCUT2D eigenvalue weighted by molar-refractivity contribution is -0.258. The number of hydrogen-bond acceptors (Lipinski definition) is 2. The molecule has 0 bridgehead atoms. The second kappa shape index (κ2) is 4.35. The van der Waals surface area contributed by atoms with Gasteiger partial charge in [-0.3, -0.25) is 0 Å². The molecule has 0 saturated heterocycles. The highest BCUT2D eigenvalue weighted by Gasteiger charge is 2.45. The summed E-state index contributed by atoms with van der Waals surface area (Å²) in [6.45, 7) is -1.03. The fourth-order valence-electron chi connectivity index (χ4n) is 0.729. The van der Waals surface area contributed by atoms with E-state index in [0.29, 0.717) is 0 Å². The van der Waals surface area contributed by atoms with E-state index in [9.17, 15) is 26.3 Å². The minimum Gasteiger partial charge on any atom is -0.358 e. The Kier molecular flexibility index (Phi) is 4.19. The fourth-order valence-corrected chi connectivity index (χ4v) is 0.729. The number of rotatable bonds is 3. The largest absolute Gasteiger partial charge is 0.416 e. The molecule has 0 rings (SSSR count). The molecule has 0 heterocycles. The Hall–Kier alpha value is -0.500. The lowest BCUT2D eigenvalue weighted by Gasteiger charge is -2.24. The van der Waals surface area contributed by atoms with E-state index in [1.54, 1.807) is 0 Å². The van der Waals surface area contributed by atoms with E-state index in [1.807, 2.05) is 0 Å². The van der Waals surface area contributed by atoms with E-state index in [1.165, 1.54) is 0 Å². The highest BCUT2D eigenvalue weighted by Crippen LogP contribution is 2.26. The van der Waals surface area contributed by atoms with Crippen LogP contribution in [0, 0.1) is 0 Å². The van der Waals surface area contributed by atoms with Crippen molar-refractivity contribution in [3.05, 3.63) is 0 Å². The lowest BCUT2D eigenvalue weighted by atomic mass is 10.2. The molecule has 14 heavy (non-hydrogen) atoms. The second-order valence-electron chi connectivity index (χ2n) is 2.75. The normalized spacial score (nSPS) is 18.0. The van der Waals surface area contributed by atoms with E-state index >= 15 is 0 Å². The maximum atomic E-state index is 12.0. The first-order valence-corrected chi connectivity index (χ1v) is 3.54. The monoisotopic (exact) mass is 225 g/mol. The van der Waals surface area contributed by atoms with Crippen LogP contribution < -0.4 is 5.73 Å². The molecule has 8 heteroatoms. The average molecular weight is 225 g/mol. The third-order valence-corrected chi connectivity index (χ3v) is 1.23. The van der Waals surface area contributed by atoms with Gasteiger partial charge in [0.05, 0.1) is 0 Å². The molecule has 0 spiro atoms. The van der Waals surface area contributed by atoms with Crippen molar-refractivity contribution in [2.75, 3.05) is 6.61 Å². The number of alkyl halides is 6. The van der Waals surface area contributed by atoms with Crippen LogP contribution >= 0.6 is 0 Å². The van der Waals surface area contributed by atoms with Gasteiger partial charge in [0.1, 0.15) is 6.61 Å². The second-order valence-corrected chi connectivity index (χ2v) is 2.75. The predicted octanol–water partition coefficient (Wildman–Crippen LogP) is 1.84. The van der Waals surface area contributed by atoms with Crippen molar-refractivity contribution < 1.29 is 31.1 Å². The van der Waals surface area contributed by atoms with Gasteiger partial charge in [0, 0.05) is 6.04 Å². The molecule has 86 valence electrons. The molecular weight excluding hydrogens is 216 g/mol. The SMILES string of the molecule is CC(N)C(OCC(F)(F)F)C(F)(F)F. The fraction of sp³-hybridized carbons (Fsp3) is 1.00. The Morgan fingerprint density at radius 2 is 1.57 bits per heavy atom. The Bertz CT molecular complexity index is 174. The smallest absolute Gasteiger partial charge is 0.358 e. The topological polar surface area (TPSA) is 35.2 Å². The summed E-state index contributed by atoms with van der Waals surface area (Å²) in [5, 5.41) is 0. The van der Waals surface area contributed by atoms with Gasteiger partial charge in [-0.1, -0.05) is 0 Å². The minimum absolute atomic E-state index is 0.925. The molecule has 0 fully saturated rings. The summed E-state index contributed by atoms with van der Waals surface area (Å²) in [5.74, 6) is 0. The molecule has 0 radical (unpaired) electrons. The van der Waals surface area contributed by atoms with Crippen LogP contribution in [0.2, 0.25) is 0 Å². The standard InChI is InChI=1S/C6H9F6NO/c1-3(13)4(6(10,11)12)14-2-5(7,8)9/h3-4H,2,13H2,1H3. The third kappa shape index (κ3) is 5.28. The Balaban J connectivity index is 4.27. The van der Waals surface area contributed by atoms with E-state index in [4.69, 9.17) is 5.73 Å². The van der Waals surface area contributed by atoms with Gasteiger partial charge in [-0.05, 0) is 6.92 Å². The van der Waals surface area contributed by atoms with Gasteiger partial charge in [0.25, 0.3) is 0 Å². The van der Waals surface area contributed by atoms with Gasteiger partial charge in [-0.15, -0.1) is 0 Å². The van der Waals surface area contributed by atoms with Crippen LogP contribution in [-0.2, 0) is 4.74 Å². The molecule has 0 saturated carbocycles. The number of nitrogens with two attached hydrogens (primary N) is 1. The molecule has 0 aromatic heterocycles. The molecule has 2 nitrogen and oxygen atoms in total. The van der Waals surface area contributed by atoms with Gasteiger partial charge in [0.2, 0.25) is 0 Å². The molecule has 0 aromatic carbocycles. The highest BCUT2D eigenvalue weighted by molar-refractivity contribution is 4.76. The molecule has 2 unspecified atom stereocenters. The zero-order valence-electron chi connectivity index (χ0n) is 7.12. The zero-order valence-corrected chi connectivity index (χ0v) is 7.12. The van der Waals surface area contributed by atoms with Crippen LogP contribution in [0.4, 0.5) is 26.3 Å². The summed E-state index contributed by atoms with van der Waals surface area (Å²) in [7, 11) is 0. The molecular formula is C6H9F6NO. The quantitative estimate of drug-likeness (QED) is 0.744. The van der Waals surface area contributed by atoms with Crippen LogP contribution in [0.15, 0.2) is 0 Å². The summed E-state index contributed by atoms with van der Waals surface area (Å²) < 4.78 is 74.2. The molecule has 0 aliphatic carbocycles. The third-order valence-electron chi connectivity index (χ3n) is 1.23. The minimum atomic E-state index is -4.89. The van der Waals surface area contributed by atoms with E-state index < -0.39 is 31.1 Å². The summed E-state index contributed by atoms with van der Waals surface area (Å²) in [6, 6.07) is -1.54. The van der Waals surface area contributed by atoms with E-state index in [-0.39, 0.29) is 0 Å². The molecule has 0 aliphatic rings. The van der Waals surface area contributed by atoms with Crippen molar-refractivity contribution in [3.63, 3.8) is 0 Å². The first kappa shape index (κ1) is 13.5. The van der Waals surface area contributed by atoms with Gasteiger partial charge in [0.15, 0.2) is 6.10 Å². The van der Waals surface area contributed by atoms with Crippen molar-refractivity contribution in [2.45, 2.75) is 31.4 Å². The molecule has 0 aromatic rings. The molecule has 2 N–H and O–H groups in total. The maximum absolute atomic E-state index is 12.0. The van der Waals surface area contributed by atoms with Crippen LogP contribution in [-0.4, -0.2) is 31.1 Å². The number of halogens is 6. The van der Waals surface area contributed by atoms with Crippen molar-refractivity contribution in [2.24, 2.45) is 5.73 Å². The Labute approximate surface area is 76.0 Å². The molecule has 2 atom stereocenters. The van der Waals surface area contributed by atoms with E-state index in [0.717, 1.165) is 6.92 Å². The summed E-state index contributed by atoms with van der Waals surface area (Å²) in [5.41, 5.74) is 4.84. The maximum Gasteiger partial charge on any atom is 0.416 e. The van der Waals surface area contributed by atoms with E-state index in [2.05, 4.69) is 4.74 Å². The Morgan fingerprint density at radius 1 is 1.14 bits per heavy atom. The van der Waals surface area contributed by atoms with Crippen molar-refractivity contribution in [1.82, 2.24) is 0 Å². The predicted molar refractivity (Wildman–Crippen MR) is 35.5 cm³/mol. The number of hydrogen-bond donors (Lipinski definition) is 1. The van der Waals surface area contributed by atoms with Crippen LogP contribution in [0.3, 0.4) is 0 Å². The average Bonchev–Trinajstić information content (AvgIpc) is 1.79. The summed E-state index contributed by atoms with van der Waals surface area (Å²) >= 11 is 0. The number of ether oxygens (including phenoxy) is 1. The van der Waals surface area contributed by atoms with Crippen LogP contribution in [0.25, 0.3) is 0 Å². The van der Waals surface area contributed by atoms with Gasteiger partial charge in [-0.2, -0.15) is 26.3 Å². The van der Waals surface area contributed by atoms with Crippen molar-refractivity contribution >= 4 is 0 Å². The first-order chi connectivity index (χ1) is 6.04. The first-order valence-electron chi connectivity index (χ1n) is 3.54. The molecule has 0 amide bonds. The summed E-state index contributed by atoms with van der Waals surface area (Å²) in [4.78, 5) is 0. The zero-order chi connectivity index (χ0) is 11.6. The van der Waals surface area contributed by atoms with Gasteiger partial charge < -0.3 is 10.5 Å². The summed E-state index contributed by atoms with van der Waals surface area (Å²) in [6.07, 6.45) is -12.3. The van der Waals surface area contributed by atoms with Gasteiger partial charge >= 0.3 is 12.4 Å². The Morgan fingerprint density at radius 3 is 1.79 bits per heavy atom. The van der Waals surface area contributed by atoms with Gasteiger partial charge in [-0.25, -0.2) is 0 Å². The van der Waals surface area contributed by atoms with Crippen molar-refractivity contribution in [1.29, 1.82) is 0 Å². The molecule has 0 aliphatic heterocycles. The van der Waals surface area contributed by atoms with Crippen molar-refractivity contribution in [3.8, 4) is 0 Å².